The van der Waals surface area contributed by atoms with Crippen LogP contribution in [0.25, 0.3) is 0 Å². The number of halogens is 1. The number of nitrogens with two attached hydrogens (primary N) is 1. The molecule has 0 atom stereocenters. The Kier molecular flexibility index (Phi) is 3.76. The SMILES string of the molecule is CN(C)c1nnc(CCc2ccc(F)c(N)c2)s1. The third-order valence-corrected chi connectivity index (χ3v) is 3.68. The van der Waals surface area contributed by atoms with Crippen LogP contribution in [0.2, 0.25) is 0 Å². The van der Waals surface area contributed by atoms with Gasteiger partial charge in [-0.2, -0.15) is 0 Å². The number of rotatable bonds is 4. The van der Waals surface area contributed by atoms with Gasteiger partial charge in [-0.25, -0.2) is 4.39 Å². The number of benzene rings is 1. The summed E-state index contributed by atoms with van der Waals surface area (Å²) in [5.74, 6) is -0.371. The molecule has 6 heteroatoms. The van der Waals surface area contributed by atoms with Gasteiger partial charge in [0, 0.05) is 20.5 Å². The van der Waals surface area contributed by atoms with E-state index in [-0.39, 0.29) is 11.5 Å². The highest BCUT2D eigenvalue weighted by Gasteiger charge is 2.06. The highest BCUT2D eigenvalue weighted by Crippen LogP contribution is 2.20. The molecule has 0 aliphatic carbocycles. The van der Waals surface area contributed by atoms with Crippen LogP contribution in [0.4, 0.5) is 15.2 Å². The van der Waals surface area contributed by atoms with Crippen molar-refractivity contribution < 1.29 is 4.39 Å². The molecule has 2 rings (SSSR count). The molecule has 0 spiro atoms. The number of aryl methyl sites for hydroxylation is 2. The number of anilines is 2. The van der Waals surface area contributed by atoms with Gasteiger partial charge in [-0.1, -0.05) is 17.4 Å². The average Bonchev–Trinajstić information content (AvgIpc) is 2.79. The van der Waals surface area contributed by atoms with E-state index in [1.165, 1.54) is 6.07 Å². The molecule has 0 fully saturated rings. The summed E-state index contributed by atoms with van der Waals surface area (Å²) in [7, 11) is 3.87. The summed E-state index contributed by atoms with van der Waals surface area (Å²) in [4.78, 5) is 1.93. The van der Waals surface area contributed by atoms with Gasteiger partial charge in [-0.15, -0.1) is 10.2 Å². The van der Waals surface area contributed by atoms with Crippen molar-refractivity contribution in [3.05, 3.63) is 34.6 Å². The summed E-state index contributed by atoms with van der Waals surface area (Å²) in [6.45, 7) is 0. The zero-order valence-corrected chi connectivity index (χ0v) is 11.2. The Balaban J connectivity index is 2.00. The summed E-state index contributed by atoms with van der Waals surface area (Å²) in [5.41, 5.74) is 6.73. The molecule has 0 saturated carbocycles. The molecule has 0 saturated heterocycles. The predicted molar refractivity (Wildman–Crippen MR) is 72.5 cm³/mol. The fraction of sp³-hybridized carbons (Fsp3) is 0.333. The topological polar surface area (TPSA) is 55.0 Å². The number of nitrogen functional groups attached to an aromatic ring is 1. The van der Waals surface area contributed by atoms with E-state index in [1.807, 2.05) is 19.0 Å². The molecule has 1 heterocycles. The van der Waals surface area contributed by atoms with Crippen LogP contribution in [-0.2, 0) is 12.8 Å². The van der Waals surface area contributed by atoms with Crippen molar-refractivity contribution in [2.45, 2.75) is 12.8 Å². The van der Waals surface area contributed by atoms with Gasteiger partial charge < -0.3 is 10.6 Å². The molecule has 0 amide bonds. The van der Waals surface area contributed by atoms with Crippen LogP contribution in [-0.4, -0.2) is 24.3 Å². The first-order valence-electron chi connectivity index (χ1n) is 5.60. The van der Waals surface area contributed by atoms with E-state index in [2.05, 4.69) is 10.2 Å². The van der Waals surface area contributed by atoms with Gasteiger partial charge in [0.2, 0.25) is 5.13 Å². The maximum atomic E-state index is 13.0. The first kappa shape index (κ1) is 12.8. The van der Waals surface area contributed by atoms with Gasteiger partial charge in [0.05, 0.1) is 5.69 Å². The molecule has 0 aliphatic heterocycles. The zero-order valence-electron chi connectivity index (χ0n) is 10.4. The van der Waals surface area contributed by atoms with Crippen LogP contribution < -0.4 is 10.6 Å². The first-order chi connectivity index (χ1) is 8.56. The standard InChI is InChI=1S/C12H15FN4S/c1-17(2)12-16-15-11(18-12)6-4-8-3-5-9(13)10(14)7-8/h3,5,7H,4,6,14H2,1-2H3. The Morgan fingerprint density at radius 2 is 2.06 bits per heavy atom. The summed E-state index contributed by atoms with van der Waals surface area (Å²) >= 11 is 1.57. The van der Waals surface area contributed by atoms with Gasteiger partial charge in [-0.05, 0) is 24.1 Å². The Hall–Kier alpha value is -1.69. The number of hydrogen-bond donors (Lipinski definition) is 1. The summed E-state index contributed by atoms with van der Waals surface area (Å²) in [5, 5.41) is 10.0. The first-order valence-corrected chi connectivity index (χ1v) is 6.41. The molecule has 96 valence electrons. The summed E-state index contributed by atoms with van der Waals surface area (Å²) in [6, 6.07) is 4.82. The van der Waals surface area contributed by atoms with E-state index >= 15 is 0 Å². The van der Waals surface area contributed by atoms with E-state index in [0.29, 0.717) is 0 Å². The van der Waals surface area contributed by atoms with Crippen molar-refractivity contribution in [1.29, 1.82) is 0 Å². The van der Waals surface area contributed by atoms with Crippen LogP contribution in [0.3, 0.4) is 0 Å². The third-order valence-electron chi connectivity index (χ3n) is 2.53. The highest BCUT2D eigenvalue weighted by molar-refractivity contribution is 7.15. The Morgan fingerprint density at radius 1 is 1.28 bits per heavy atom. The lowest BCUT2D eigenvalue weighted by Gasteiger charge is -2.04. The van der Waals surface area contributed by atoms with Crippen molar-refractivity contribution in [1.82, 2.24) is 10.2 Å². The van der Waals surface area contributed by atoms with E-state index in [9.17, 15) is 4.39 Å². The average molecular weight is 266 g/mol. The molecule has 18 heavy (non-hydrogen) atoms. The lowest BCUT2D eigenvalue weighted by molar-refractivity contribution is 0.631. The van der Waals surface area contributed by atoms with Gasteiger partial charge >= 0.3 is 0 Å². The fourth-order valence-corrected chi connectivity index (χ4v) is 2.29. The van der Waals surface area contributed by atoms with Crippen LogP contribution in [0.5, 0.6) is 0 Å². The second-order valence-electron chi connectivity index (χ2n) is 4.23. The van der Waals surface area contributed by atoms with Gasteiger partial charge in [0.25, 0.3) is 0 Å². The van der Waals surface area contributed by atoms with Gasteiger partial charge in [-0.3, -0.25) is 0 Å². The minimum absolute atomic E-state index is 0.193. The molecule has 2 N–H and O–H groups in total. The molecule has 4 nitrogen and oxygen atoms in total. The molecule has 1 aromatic heterocycles. The second-order valence-corrected chi connectivity index (χ2v) is 5.27. The fourth-order valence-electron chi connectivity index (χ4n) is 1.53. The number of aromatic nitrogens is 2. The van der Waals surface area contributed by atoms with Crippen LogP contribution in [0, 0.1) is 5.82 Å². The monoisotopic (exact) mass is 266 g/mol. The highest BCUT2D eigenvalue weighted by atomic mass is 32.1. The maximum absolute atomic E-state index is 13.0. The summed E-state index contributed by atoms with van der Waals surface area (Å²) < 4.78 is 13.0. The Morgan fingerprint density at radius 3 is 2.67 bits per heavy atom. The molecule has 0 bridgehead atoms. The van der Waals surface area contributed by atoms with E-state index in [1.54, 1.807) is 23.5 Å². The minimum Gasteiger partial charge on any atom is -0.396 e. The quantitative estimate of drug-likeness (QED) is 0.861. The van der Waals surface area contributed by atoms with E-state index in [4.69, 9.17) is 5.73 Å². The summed E-state index contributed by atoms with van der Waals surface area (Å²) in [6.07, 6.45) is 1.57. The smallest absolute Gasteiger partial charge is 0.207 e. The van der Waals surface area contributed by atoms with Crippen LogP contribution in [0.15, 0.2) is 18.2 Å². The third kappa shape index (κ3) is 2.95. The minimum atomic E-state index is -0.371. The number of nitrogens with zero attached hydrogens (tertiary/aromatic N) is 3. The lowest BCUT2D eigenvalue weighted by Crippen LogP contribution is -2.07. The van der Waals surface area contributed by atoms with Crippen LogP contribution in [0.1, 0.15) is 10.6 Å². The Labute approximate surface area is 109 Å². The molecule has 1 aromatic carbocycles. The predicted octanol–water partition coefficient (Wildman–Crippen LogP) is 2.11. The van der Waals surface area contributed by atoms with Crippen LogP contribution >= 0.6 is 11.3 Å². The zero-order chi connectivity index (χ0) is 13.1. The van der Waals surface area contributed by atoms with E-state index in [0.717, 1.165) is 28.5 Å². The Bertz CT molecular complexity index is 539. The normalized spacial score (nSPS) is 10.6. The molecule has 0 aliphatic rings. The number of hydrogen-bond acceptors (Lipinski definition) is 5. The molecule has 2 aromatic rings. The molecular weight excluding hydrogens is 251 g/mol. The second kappa shape index (κ2) is 5.30. The van der Waals surface area contributed by atoms with Crippen molar-refractivity contribution in [2.75, 3.05) is 24.7 Å². The van der Waals surface area contributed by atoms with Crippen molar-refractivity contribution >= 4 is 22.2 Å². The van der Waals surface area contributed by atoms with Gasteiger partial charge in [0.1, 0.15) is 10.8 Å². The largest absolute Gasteiger partial charge is 0.396 e. The molecule has 0 radical (unpaired) electrons. The van der Waals surface area contributed by atoms with Gasteiger partial charge in [0.15, 0.2) is 0 Å². The molecular formula is C12H15FN4S. The molecule has 0 unspecified atom stereocenters. The lowest BCUT2D eigenvalue weighted by atomic mass is 10.1. The van der Waals surface area contributed by atoms with Crippen molar-refractivity contribution in [2.24, 2.45) is 0 Å². The van der Waals surface area contributed by atoms with Crippen molar-refractivity contribution in [3.63, 3.8) is 0 Å². The van der Waals surface area contributed by atoms with E-state index < -0.39 is 0 Å². The van der Waals surface area contributed by atoms with Crippen molar-refractivity contribution in [3.8, 4) is 0 Å². The maximum Gasteiger partial charge on any atom is 0.207 e.